The van der Waals surface area contributed by atoms with E-state index in [1.54, 1.807) is 6.07 Å². The summed E-state index contributed by atoms with van der Waals surface area (Å²) in [7, 11) is 0. The van der Waals surface area contributed by atoms with Crippen molar-refractivity contribution in [2.75, 3.05) is 39.3 Å². The second-order valence-electron chi connectivity index (χ2n) is 6.05. The fraction of sp³-hybridized carbons (Fsp3) is 0.625. The van der Waals surface area contributed by atoms with Gasteiger partial charge in [-0.25, -0.2) is 0 Å². The topological polar surface area (TPSA) is 57.0 Å². The Hall–Kier alpha value is -1.82. The minimum absolute atomic E-state index is 0.00641. The molecular formula is C16H23N3O3. The maximum atomic E-state index is 12.4. The molecule has 22 heavy (non-hydrogen) atoms. The molecular weight excluding hydrogens is 282 g/mol. The normalized spacial score (nSPS) is 21.1. The van der Waals surface area contributed by atoms with Crippen molar-refractivity contribution >= 4 is 11.8 Å². The lowest BCUT2D eigenvalue weighted by atomic mass is 10.2. The van der Waals surface area contributed by atoms with Gasteiger partial charge < -0.3 is 14.2 Å². The minimum Gasteiger partial charge on any atom is -0.472 e. The van der Waals surface area contributed by atoms with Crippen LogP contribution in [0, 0.1) is 0 Å². The van der Waals surface area contributed by atoms with E-state index in [1.165, 1.54) is 12.5 Å². The van der Waals surface area contributed by atoms with E-state index in [9.17, 15) is 9.59 Å². The predicted molar refractivity (Wildman–Crippen MR) is 81.5 cm³/mol. The van der Waals surface area contributed by atoms with Crippen molar-refractivity contribution in [3.63, 3.8) is 0 Å². The Morgan fingerprint density at radius 1 is 1.05 bits per heavy atom. The summed E-state index contributed by atoms with van der Waals surface area (Å²) in [5, 5.41) is 0. The highest BCUT2D eigenvalue weighted by Crippen LogP contribution is 2.15. The van der Waals surface area contributed by atoms with Crippen LogP contribution in [-0.2, 0) is 4.79 Å². The lowest BCUT2D eigenvalue weighted by molar-refractivity contribution is -0.135. The fourth-order valence-corrected chi connectivity index (χ4v) is 3.24. The van der Waals surface area contributed by atoms with Gasteiger partial charge in [0.05, 0.1) is 17.9 Å². The Morgan fingerprint density at radius 2 is 1.73 bits per heavy atom. The zero-order valence-electron chi connectivity index (χ0n) is 13.0. The quantitative estimate of drug-likeness (QED) is 0.837. The highest BCUT2D eigenvalue weighted by molar-refractivity contribution is 5.93. The summed E-state index contributed by atoms with van der Waals surface area (Å²) < 4.78 is 4.97. The summed E-state index contributed by atoms with van der Waals surface area (Å²) in [6.45, 7) is 6.55. The molecule has 2 aliphatic rings. The van der Waals surface area contributed by atoms with Gasteiger partial charge in [-0.15, -0.1) is 0 Å². The molecule has 1 aromatic heterocycles. The van der Waals surface area contributed by atoms with E-state index in [1.807, 2.05) is 16.7 Å². The molecule has 120 valence electrons. The molecule has 0 radical (unpaired) electrons. The van der Waals surface area contributed by atoms with Gasteiger partial charge in [-0.2, -0.15) is 0 Å². The first kappa shape index (κ1) is 15.1. The molecule has 2 saturated heterocycles. The standard InChI is InChI=1S/C16H23N3O3/c1-13(15(20)18-5-2-3-6-18)17-7-9-19(10-8-17)16(21)14-4-11-22-12-14/h4,11-13H,2-3,5-10H2,1H3. The van der Waals surface area contributed by atoms with Gasteiger partial charge >= 0.3 is 0 Å². The number of carbonyl (C=O) groups excluding carboxylic acids is 2. The zero-order valence-corrected chi connectivity index (χ0v) is 13.0. The number of nitrogens with zero attached hydrogens (tertiary/aromatic N) is 3. The number of hydrogen-bond acceptors (Lipinski definition) is 4. The van der Waals surface area contributed by atoms with Crippen LogP contribution in [0.5, 0.6) is 0 Å². The van der Waals surface area contributed by atoms with E-state index >= 15 is 0 Å². The van der Waals surface area contributed by atoms with Crippen molar-refractivity contribution < 1.29 is 14.0 Å². The molecule has 6 heteroatoms. The summed E-state index contributed by atoms with van der Waals surface area (Å²) in [5.74, 6) is 0.235. The van der Waals surface area contributed by atoms with E-state index in [-0.39, 0.29) is 17.9 Å². The van der Waals surface area contributed by atoms with Crippen molar-refractivity contribution in [3.05, 3.63) is 24.2 Å². The van der Waals surface area contributed by atoms with Crippen LogP contribution in [0.15, 0.2) is 23.0 Å². The molecule has 0 saturated carbocycles. The Bertz CT molecular complexity index is 515. The molecule has 0 aromatic carbocycles. The predicted octanol–water partition coefficient (Wildman–Crippen LogP) is 1.05. The molecule has 0 bridgehead atoms. The van der Waals surface area contributed by atoms with Crippen molar-refractivity contribution in [3.8, 4) is 0 Å². The third-order valence-corrected chi connectivity index (χ3v) is 4.69. The van der Waals surface area contributed by atoms with Gasteiger partial charge in [-0.3, -0.25) is 14.5 Å². The van der Waals surface area contributed by atoms with Crippen LogP contribution in [0.1, 0.15) is 30.1 Å². The Morgan fingerprint density at radius 3 is 2.32 bits per heavy atom. The third-order valence-electron chi connectivity index (χ3n) is 4.69. The summed E-state index contributed by atoms with van der Waals surface area (Å²) in [4.78, 5) is 30.7. The van der Waals surface area contributed by atoms with Gasteiger partial charge in [0, 0.05) is 39.3 Å². The van der Waals surface area contributed by atoms with Gasteiger partial charge in [0.2, 0.25) is 5.91 Å². The van der Waals surface area contributed by atoms with Crippen LogP contribution in [0.4, 0.5) is 0 Å². The van der Waals surface area contributed by atoms with Crippen molar-refractivity contribution in [1.29, 1.82) is 0 Å². The van der Waals surface area contributed by atoms with Crippen molar-refractivity contribution in [1.82, 2.24) is 14.7 Å². The first-order valence-corrected chi connectivity index (χ1v) is 8.01. The third kappa shape index (κ3) is 3.02. The summed E-state index contributed by atoms with van der Waals surface area (Å²) in [6, 6.07) is 1.60. The maximum Gasteiger partial charge on any atom is 0.257 e. The zero-order chi connectivity index (χ0) is 15.5. The molecule has 2 aliphatic heterocycles. The van der Waals surface area contributed by atoms with Crippen LogP contribution in [0.3, 0.4) is 0 Å². The monoisotopic (exact) mass is 305 g/mol. The number of amides is 2. The molecule has 0 spiro atoms. The van der Waals surface area contributed by atoms with Gasteiger partial charge in [-0.05, 0) is 25.8 Å². The molecule has 1 unspecified atom stereocenters. The molecule has 1 aromatic rings. The number of likely N-dealkylation sites (tertiary alicyclic amines) is 1. The van der Waals surface area contributed by atoms with Crippen LogP contribution >= 0.6 is 0 Å². The van der Waals surface area contributed by atoms with E-state index in [2.05, 4.69) is 4.90 Å². The van der Waals surface area contributed by atoms with Gasteiger partial charge in [0.15, 0.2) is 0 Å². The molecule has 2 amide bonds. The molecule has 2 fully saturated rings. The highest BCUT2D eigenvalue weighted by atomic mass is 16.3. The molecule has 6 nitrogen and oxygen atoms in total. The average Bonchev–Trinajstić information content (AvgIpc) is 3.26. The molecule has 3 heterocycles. The number of carbonyl (C=O) groups is 2. The second-order valence-corrected chi connectivity index (χ2v) is 6.05. The lowest BCUT2D eigenvalue weighted by Crippen LogP contribution is -2.55. The molecule has 0 N–H and O–H groups in total. The maximum absolute atomic E-state index is 12.4. The smallest absolute Gasteiger partial charge is 0.257 e. The Balaban J connectivity index is 1.52. The van der Waals surface area contributed by atoms with Crippen molar-refractivity contribution in [2.45, 2.75) is 25.8 Å². The van der Waals surface area contributed by atoms with E-state index < -0.39 is 0 Å². The van der Waals surface area contributed by atoms with Crippen LogP contribution in [0.2, 0.25) is 0 Å². The molecule has 3 rings (SSSR count). The largest absolute Gasteiger partial charge is 0.472 e. The lowest BCUT2D eigenvalue weighted by Gasteiger charge is -2.38. The summed E-state index contributed by atoms with van der Waals surface area (Å²) in [6.07, 6.45) is 5.23. The first-order valence-electron chi connectivity index (χ1n) is 8.01. The Labute approximate surface area is 130 Å². The molecule has 1 atom stereocenters. The van der Waals surface area contributed by atoms with Crippen LogP contribution in [0.25, 0.3) is 0 Å². The Kier molecular flexibility index (Phi) is 4.47. The summed E-state index contributed by atoms with van der Waals surface area (Å²) >= 11 is 0. The SMILES string of the molecule is CC(C(=O)N1CCCC1)N1CCN(C(=O)c2ccoc2)CC1. The number of piperazine rings is 1. The van der Waals surface area contributed by atoms with Gasteiger partial charge in [-0.1, -0.05) is 0 Å². The minimum atomic E-state index is -0.0933. The fourth-order valence-electron chi connectivity index (χ4n) is 3.24. The second kappa shape index (κ2) is 6.52. The molecule has 0 aliphatic carbocycles. The number of rotatable bonds is 3. The first-order chi connectivity index (χ1) is 10.7. The van der Waals surface area contributed by atoms with E-state index in [0.717, 1.165) is 39.0 Å². The van der Waals surface area contributed by atoms with Crippen LogP contribution in [-0.4, -0.2) is 71.8 Å². The van der Waals surface area contributed by atoms with E-state index in [0.29, 0.717) is 18.7 Å². The number of furan rings is 1. The van der Waals surface area contributed by atoms with Gasteiger partial charge in [0.1, 0.15) is 6.26 Å². The summed E-state index contributed by atoms with van der Waals surface area (Å²) in [5.41, 5.74) is 0.592. The van der Waals surface area contributed by atoms with Crippen LogP contribution < -0.4 is 0 Å². The van der Waals surface area contributed by atoms with Crippen molar-refractivity contribution in [2.24, 2.45) is 0 Å². The van der Waals surface area contributed by atoms with E-state index in [4.69, 9.17) is 4.42 Å². The number of hydrogen-bond donors (Lipinski definition) is 0. The average molecular weight is 305 g/mol. The highest BCUT2D eigenvalue weighted by Gasteiger charge is 2.31. The van der Waals surface area contributed by atoms with Gasteiger partial charge in [0.25, 0.3) is 5.91 Å².